The molecule has 1 aliphatic heterocycles. The lowest BCUT2D eigenvalue weighted by molar-refractivity contribution is 0.464. The van der Waals surface area contributed by atoms with E-state index in [4.69, 9.17) is 0 Å². The molecular formula is C41H32N4O2S. The molecule has 7 aromatic rings. The van der Waals surface area contributed by atoms with Gasteiger partial charge in [0.05, 0.1) is 22.3 Å². The van der Waals surface area contributed by atoms with E-state index in [2.05, 4.69) is 86.5 Å². The number of nitrogens with one attached hydrogen (secondary N) is 1. The normalized spacial score (nSPS) is 12.7. The Morgan fingerprint density at radius 3 is 2.17 bits per heavy atom. The molecule has 2 heterocycles. The van der Waals surface area contributed by atoms with Gasteiger partial charge in [0, 0.05) is 27.6 Å². The molecule has 0 spiro atoms. The topological polar surface area (TPSA) is 70.4 Å². The van der Waals surface area contributed by atoms with Crippen molar-refractivity contribution in [2.45, 2.75) is 28.9 Å². The summed E-state index contributed by atoms with van der Waals surface area (Å²) in [7, 11) is 0. The van der Waals surface area contributed by atoms with Crippen LogP contribution in [0.1, 0.15) is 17.3 Å². The lowest BCUT2D eigenvalue weighted by atomic mass is 10.0. The first-order valence-electron chi connectivity index (χ1n) is 16.0. The number of aryl methyl sites for hydroxylation is 2. The zero-order valence-corrected chi connectivity index (χ0v) is 26.8. The number of para-hydroxylation sites is 3. The number of phenolic OH excluding ortho intramolecular Hbond substituents is 1. The standard InChI is InChI=1S/C41H32N4O2S/c46-36-27-38-35(26-30(36)24-25-44-33-21-11-10-20-32(33)41(47)43-39(44)28-14-4-1-5-15-28)45(34-22-12-13-23-37(34)48-38)40(29-16-6-2-7-17-29)42-31-18-8-3-9-19-31/h1-23,26-27,40,42,46H,24-25H2. The minimum absolute atomic E-state index is 0.233. The molecule has 0 bridgehead atoms. The van der Waals surface area contributed by atoms with Crippen LogP contribution in [0.4, 0.5) is 17.1 Å². The molecule has 0 saturated carbocycles. The number of nitrogens with zero attached hydrogens (tertiary/aromatic N) is 3. The van der Waals surface area contributed by atoms with Crippen LogP contribution in [-0.2, 0) is 13.0 Å². The Morgan fingerprint density at radius 2 is 1.38 bits per heavy atom. The number of rotatable bonds is 8. The Kier molecular flexibility index (Phi) is 7.88. The summed E-state index contributed by atoms with van der Waals surface area (Å²) in [6, 6.07) is 50.5. The van der Waals surface area contributed by atoms with Crippen LogP contribution in [0, 0.1) is 0 Å². The number of fused-ring (bicyclic) bond motifs is 3. The maximum atomic E-state index is 13.1. The van der Waals surface area contributed by atoms with Crippen molar-refractivity contribution < 1.29 is 5.11 Å². The van der Waals surface area contributed by atoms with Crippen LogP contribution >= 0.6 is 11.8 Å². The zero-order chi connectivity index (χ0) is 32.5. The lowest BCUT2D eigenvalue weighted by Crippen LogP contribution is -2.32. The van der Waals surface area contributed by atoms with Crippen LogP contribution in [0.15, 0.2) is 166 Å². The molecule has 1 atom stereocenters. The number of phenols is 1. The van der Waals surface area contributed by atoms with Gasteiger partial charge in [-0.05, 0) is 66.1 Å². The highest BCUT2D eigenvalue weighted by molar-refractivity contribution is 7.99. The van der Waals surface area contributed by atoms with Gasteiger partial charge >= 0.3 is 0 Å². The largest absolute Gasteiger partial charge is 0.508 e. The Bertz CT molecular complexity index is 2290. The van der Waals surface area contributed by atoms with E-state index in [1.54, 1.807) is 11.8 Å². The number of hydrogen-bond acceptors (Lipinski definition) is 6. The Labute approximate surface area is 283 Å². The first kappa shape index (κ1) is 29.6. The highest BCUT2D eigenvalue weighted by Crippen LogP contribution is 2.53. The van der Waals surface area contributed by atoms with E-state index in [0.717, 1.165) is 49.1 Å². The van der Waals surface area contributed by atoms with Crippen LogP contribution < -0.4 is 15.8 Å². The predicted octanol–water partition coefficient (Wildman–Crippen LogP) is 9.43. The molecule has 0 amide bonds. The van der Waals surface area contributed by atoms with Gasteiger partial charge in [-0.25, -0.2) is 0 Å². The van der Waals surface area contributed by atoms with E-state index >= 15 is 0 Å². The van der Waals surface area contributed by atoms with Crippen LogP contribution in [0.2, 0.25) is 0 Å². The molecule has 2 N–H and O–H groups in total. The van der Waals surface area contributed by atoms with Crippen LogP contribution in [0.25, 0.3) is 22.3 Å². The molecule has 8 rings (SSSR count). The molecule has 1 aromatic heterocycles. The second-order valence-electron chi connectivity index (χ2n) is 11.7. The molecule has 0 fully saturated rings. The lowest BCUT2D eigenvalue weighted by Gasteiger charge is -2.40. The second kappa shape index (κ2) is 12.8. The van der Waals surface area contributed by atoms with Crippen LogP contribution in [-0.4, -0.2) is 14.7 Å². The third-order valence-electron chi connectivity index (χ3n) is 8.74. The maximum absolute atomic E-state index is 13.1. The molecule has 0 saturated heterocycles. The summed E-state index contributed by atoms with van der Waals surface area (Å²) in [5.74, 6) is 0.853. The summed E-state index contributed by atoms with van der Waals surface area (Å²) >= 11 is 1.67. The van der Waals surface area contributed by atoms with Gasteiger partial charge in [0.1, 0.15) is 17.7 Å². The van der Waals surface area contributed by atoms with Crippen molar-refractivity contribution >= 4 is 39.7 Å². The summed E-state index contributed by atoms with van der Waals surface area (Å²) in [5, 5.41) is 15.9. The molecule has 6 aromatic carbocycles. The van der Waals surface area contributed by atoms with E-state index in [1.807, 2.05) is 84.9 Å². The first-order valence-corrected chi connectivity index (χ1v) is 16.8. The summed E-state index contributed by atoms with van der Waals surface area (Å²) in [6.07, 6.45) is 0.291. The van der Waals surface area contributed by atoms with Gasteiger partial charge in [0.25, 0.3) is 5.56 Å². The zero-order valence-electron chi connectivity index (χ0n) is 26.0. The molecular weight excluding hydrogens is 613 g/mol. The maximum Gasteiger partial charge on any atom is 0.281 e. The monoisotopic (exact) mass is 644 g/mol. The molecule has 1 unspecified atom stereocenters. The molecule has 7 heteroatoms. The minimum Gasteiger partial charge on any atom is -0.508 e. The van der Waals surface area contributed by atoms with E-state index in [0.29, 0.717) is 24.2 Å². The summed E-state index contributed by atoms with van der Waals surface area (Å²) in [4.78, 5) is 22.1. The van der Waals surface area contributed by atoms with Gasteiger partial charge in [0.15, 0.2) is 0 Å². The fourth-order valence-electron chi connectivity index (χ4n) is 6.45. The number of hydrogen-bond donors (Lipinski definition) is 2. The SMILES string of the molecule is O=c1nc(-c2ccccc2)n(CCc2cc3c(cc2O)Sc2ccccc2N3C(Nc2ccccc2)c2ccccc2)c2ccccc12. The first-order chi connectivity index (χ1) is 23.6. The van der Waals surface area contributed by atoms with E-state index < -0.39 is 0 Å². The fourth-order valence-corrected chi connectivity index (χ4v) is 7.54. The second-order valence-corrected chi connectivity index (χ2v) is 12.8. The number of aromatic nitrogens is 2. The van der Waals surface area contributed by atoms with Gasteiger partial charge in [-0.2, -0.15) is 4.98 Å². The van der Waals surface area contributed by atoms with Crippen molar-refractivity contribution in [2.75, 3.05) is 10.2 Å². The van der Waals surface area contributed by atoms with Crippen molar-refractivity contribution in [3.63, 3.8) is 0 Å². The summed E-state index contributed by atoms with van der Waals surface area (Å²) in [6.45, 7) is 0.512. The van der Waals surface area contributed by atoms with Crippen molar-refractivity contribution in [2.24, 2.45) is 0 Å². The van der Waals surface area contributed by atoms with E-state index in [9.17, 15) is 9.90 Å². The van der Waals surface area contributed by atoms with Crippen molar-refractivity contribution in [3.8, 4) is 17.1 Å². The van der Waals surface area contributed by atoms with Gasteiger partial charge in [-0.3, -0.25) is 4.79 Å². The van der Waals surface area contributed by atoms with Gasteiger partial charge in [0.2, 0.25) is 0 Å². The van der Waals surface area contributed by atoms with Crippen LogP contribution in [0.5, 0.6) is 5.75 Å². The predicted molar refractivity (Wildman–Crippen MR) is 195 cm³/mol. The number of anilines is 3. The summed E-state index contributed by atoms with van der Waals surface area (Å²) < 4.78 is 2.09. The highest BCUT2D eigenvalue weighted by atomic mass is 32.2. The number of benzene rings is 6. The Hall–Kier alpha value is -5.79. The minimum atomic E-state index is -0.249. The molecule has 0 aliphatic carbocycles. The molecule has 1 aliphatic rings. The third-order valence-corrected chi connectivity index (χ3v) is 9.85. The quantitative estimate of drug-likeness (QED) is 0.172. The third kappa shape index (κ3) is 5.58. The van der Waals surface area contributed by atoms with E-state index in [1.165, 1.54) is 0 Å². The molecule has 6 nitrogen and oxygen atoms in total. The average molecular weight is 645 g/mol. The average Bonchev–Trinajstić information content (AvgIpc) is 3.14. The van der Waals surface area contributed by atoms with Crippen molar-refractivity contribution in [1.82, 2.24) is 9.55 Å². The smallest absolute Gasteiger partial charge is 0.281 e. The Balaban J connectivity index is 1.24. The molecule has 0 radical (unpaired) electrons. The van der Waals surface area contributed by atoms with Crippen molar-refractivity contribution in [1.29, 1.82) is 0 Å². The molecule has 234 valence electrons. The molecule has 48 heavy (non-hydrogen) atoms. The number of aromatic hydroxyl groups is 1. The van der Waals surface area contributed by atoms with Crippen LogP contribution in [0.3, 0.4) is 0 Å². The van der Waals surface area contributed by atoms with Gasteiger partial charge in [-0.1, -0.05) is 115 Å². The van der Waals surface area contributed by atoms with Gasteiger partial charge < -0.3 is 19.9 Å². The Morgan fingerprint density at radius 1 is 0.708 bits per heavy atom. The van der Waals surface area contributed by atoms with E-state index in [-0.39, 0.29) is 17.5 Å². The highest BCUT2D eigenvalue weighted by Gasteiger charge is 2.31. The van der Waals surface area contributed by atoms with Gasteiger partial charge in [-0.15, -0.1) is 0 Å². The fraction of sp³-hybridized carbons (Fsp3) is 0.0732. The van der Waals surface area contributed by atoms with Crippen molar-refractivity contribution in [3.05, 3.63) is 173 Å². The summed E-state index contributed by atoms with van der Waals surface area (Å²) in [5.41, 5.74) is 6.47.